The van der Waals surface area contributed by atoms with Gasteiger partial charge < -0.3 is 16.2 Å². The van der Waals surface area contributed by atoms with Crippen LogP contribution in [-0.2, 0) is 22.4 Å². The van der Waals surface area contributed by atoms with E-state index in [1.165, 1.54) is 30.3 Å². The monoisotopic (exact) mass is 404 g/mol. The van der Waals surface area contributed by atoms with Gasteiger partial charge in [0.05, 0.1) is 5.54 Å². The molecular weight excluding hydrogens is 378 g/mol. The molecule has 0 heterocycles. The quantitative estimate of drug-likeness (QED) is 0.567. The van der Waals surface area contributed by atoms with Crippen molar-refractivity contribution in [3.63, 3.8) is 0 Å². The van der Waals surface area contributed by atoms with Crippen molar-refractivity contribution in [2.45, 2.75) is 50.6 Å². The highest BCUT2D eigenvalue weighted by molar-refractivity contribution is 5.90. The molecule has 0 bridgehead atoms. The SMILES string of the molecule is CCCCC(N)(Cc1ccc(F)cc1)C(=O)NC(Cc1ccccc1F)C(=O)O. The van der Waals surface area contributed by atoms with Gasteiger partial charge in [-0.1, -0.05) is 50.1 Å². The zero-order valence-electron chi connectivity index (χ0n) is 16.3. The molecule has 0 aromatic heterocycles. The summed E-state index contributed by atoms with van der Waals surface area (Å²) in [6, 6.07) is 10.2. The van der Waals surface area contributed by atoms with Crippen LogP contribution in [0.1, 0.15) is 37.3 Å². The van der Waals surface area contributed by atoms with E-state index in [1.54, 1.807) is 18.2 Å². The third-order valence-corrected chi connectivity index (χ3v) is 4.85. The summed E-state index contributed by atoms with van der Waals surface area (Å²) in [5.74, 6) is -2.84. The van der Waals surface area contributed by atoms with Crippen molar-refractivity contribution < 1.29 is 23.5 Å². The molecule has 2 unspecified atom stereocenters. The summed E-state index contributed by atoms with van der Waals surface area (Å²) >= 11 is 0. The molecule has 0 saturated heterocycles. The number of nitrogens with one attached hydrogen (secondary N) is 1. The minimum atomic E-state index is -1.36. The molecule has 2 aromatic rings. The molecule has 5 nitrogen and oxygen atoms in total. The van der Waals surface area contributed by atoms with Crippen LogP contribution in [-0.4, -0.2) is 28.6 Å². The molecule has 2 rings (SSSR count). The van der Waals surface area contributed by atoms with Crippen molar-refractivity contribution >= 4 is 11.9 Å². The largest absolute Gasteiger partial charge is 0.480 e. The van der Waals surface area contributed by atoms with Crippen LogP contribution in [0, 0.1) is 11.6 Å². The lowest BCUT2D eigenvalue weighted by molar-refractivity contribution is -0.142. The second-order valence-corrected chi connectivity index (χ2v) is 7.22. The number of nitrogens with two attached hydrogens (primary N) is 1. The van der Waals surface area contributed by atoms with Crippen LogP contribution in [0.3, 0.4) is 0 Å². The number of carbonyl (C=O) groups excluding carboxylic acids is 1. The average Bonchev–Trinajstić information content (AvgIpc) is 2.69. The Balaban J connectivity index is 2.20. The predicted molar refractivity (Wildman–Crippen MR) is 106 cm³/mol. The Morgan fingerprint density at radius 3 is 2.38 bits per heavy atom. The maximum absolute atomic E-state index is 13.9. The fourth-order valence-corrected chi connectivity index (χ4v) is 3.13. The van der Waals surface area contributed by atoms with Crippen molar-refractivity contribution in [1.29, 1.82) is 0 Å². The number of halogens is 2. The van der Waals surface area contributed by atoms with Crippen molar-refractivity contribution in [1.82, 2.24) is 5.32 Å². The van der Waals surface area contributed by atoms with Gasteiger partial charge in [-0.3, -0.25) is 4.79 Å². The molecule has 4 N–H and O–H groups in total. The van der Waals surface area contributed by atoms with Crippen LogP contribution in [0.4, 0.5) is 8.78 Å². The van der Waals surface area contributed by atoms with Crippen LogP contribution in [0.5, 0.6) is 0 Å². The lowest BCUT2D eigenvalue weighted by atomic mass is 9.85. The van der Waals surface area contributed by atoms with Crippen molar-refractivity contribution in [2.75, 3.05) is 0 Å². The predicted octanol–water partition coefficient (Wildman–Crippen LogP) is 3.21. The molecule has 0 aliphatic rings. The molecule has 29 heavy (non-hydrogen) atoms. The first-order chi connectivity index (χ1) is 13.7. The van der Waals surface area contributed by atoms with Crippen LogP contribution in [0.25, 0.3) is 0 Å². The maximum atomic E-state index is 13.9. The molecule has 1 amide bonds. The molecule has 0 radical (unpaired) electrons. The number of carboxylic acid groups (broad SMARTS) is 1. The van der Waals surface area contributed by atoms with Gasteiger partial charge in [0.25, 0.3) is 0 Å². The number of carboxylic acids is 1. The fraction of sp³-hybridized carbons (Fsp3) is 0.364. The Labute approximate surface area is 168 Å². The lowest BCUT2D eigenvalue weighted by Crippen LogP contribution is -2.59. The van der Waals surface area contributed by atoms with E-state index in [0.29, 0.717) is 18.4 Å². The number of aliphatic carboxylic acids is 1. The van der Waals surface area contributed by atoms with Gasteiger partial charge in [0.15, 0.2) is 0 Å². The Morgan fingerprint density at radius 1 is 1.14 bits per heavy atom. The van der Waals surface area contributed by atoms with Crippen molar-refractivity contribution in [3.05, 3.63) is 71.3 Å². The summed E-state index contributed by atoms with van der Waals surface area (Å²) in [6.45, 7) is 1.95. The first kappa shape index (κ1) is 22.5. The molecular formula is C22H26F2N2O3. The molecule has 0 spiro atoms. The number of hydrogen-bond donors (Lipinski definition) is 3. The molecule has 0 fully saturated rings. The molecule has 2 aromatic carbocycles. The number of amides is 1. The summed E-state index contributed by atoms with van der Waals surface area (Å²) in [4.78, 5) is 24.6. The summed E-state index contributed by atoms with van der Waals surface area (Å²) in [6.07, 6.45) is 1.72. The van der Waals surface area contributed by atoms with E-state index >= 15 is 0 Å². The Hall–Kier alpha value is -2.80. The number of carbonyl (C=O) groups is 2. The molecule has 156 valence electrons. The van der Waals surface area contributed by atoms with Gasteiger partial charge in [0, 0.05) is 6.42 Å². The summed E-state index contributed by atoms with van der Waals surface area (Å²) in [5.41, 5.74) is 5.89. The third-order valence-electron chi connectivity index (χ3n) is 4.85. The molecule has 2 atom stereocenters. The van der Waals surface area contributed by atoms with Crippen molar-refractivity contribution in [3.8, 4) is 0 Å². The van der Waals surface area contributed by atoms with E-state index in [2.05, 4.69) is 5.32 Å². The Morgan fingerprint density at radius 2 is 1.79 bits per heavy atom. The number of hydrogen-bond acceptors (Lipinski definition) is 3. The van der Waals surface area contributed by atoms with E-state index in [-0.39, 0.29) is 18.4 Å². The average molecular weight is 404 g/mol. The smallest absolute Gasteiger partial charge is 0.326 e. The van der Waals surface area contributed by atoms with Crippen LogP contribution in [0.15, 0.2) is 48.5 Å². The number of benzene rings is 2. The Bertz CT molecular complexity index is 842. The number of unbranched alkanes of at least 4 members (excludes halogenated alkanes) is 1. The lowest BCUT2D eigenvalue weighted by Gasteiger charge is -2.30. The first-order valence-corrected chi connectivity index (χ1v) is 9.55. The van der Waals surface area contributed by atoms with Gasteiger partial charge >= 0.3 is 5.97 Å². The third kappa shape index (κ3) is 6.35. The number of rotatable bonds is 10. The van der Waals surface area contributed by atoms with E-state index in [1.807, 2.05) is 6.92 Å². The summed E-state index contributed by atoms with van der Waals surface area (Å²) < 4.78 is 27.1. The van der Waals surface area contributed by atoms with Gasteiger partial charge in [0.1, 0.15) is 17.7 Å². The minimum Gasteiger partial charge on any atom is -0.480 e. The summed E-state index contributed by atoms with van der Waals surface area (Å²) in [5, 5.41) is 12.0. The van der Waals surface area contributed by atoms with Crippen LogP contribution >= 0.6 is 0 Å². The zero-order valence-corrected chi connectivity index (χ0v) is 16.3. The van der Waals surface area contributed by atoms with Gasteiger partial charge in [0.2, 0.25) is 5.91 Å². The van der Waals surface area contributed by atoms with Crippen molar-refractivity contribution in [2.24, 2.45) is 5.73 Å². The van der Waals surface area contributed by atoms with Crippen LogP contribution < -0.4 is 11.1 Å². The van der Waals surface area contributed by atoms with Gasteiger partial charge in [-0.25, -0.2) is 13.6 Å². The maximum Gasteiger partial charge on any atom is 0.326 e. The molecule has 0 saturated carbocycles. The minimum absolute atomic E-state index is 0.130. The normalized spacial score (nSPS) is 14.1. The molecule has 0 aliphatic heterocycles. The summed E-state index contributed by atoms with van der Waals surface area (Å²) in [7, 11) is 0. The zero-order chi connectivity index (χ0) is 21.4. The highest BCUT2D eigenvalue weighted by Gasteiger charge is 2.36. The van der Waals surface area contributed by atoms with Crippen LogP contribution in [0.2, 0.25) is 0 Å². The second kappa shape index (κ2) is 10.1. The molecule has 7 heteroatoms. The van der Waals surface area contributed by atoms with Gasteiger partial charge in [-0.15, -0.1) is 0 Å². The Kier molecular flexibility index (Phi) is 7.84. The second-order valence-electron chi connectivity index (χ2n) is 7.22. The fourth-order valence-electron chi connectivity index (χ4n) is 3.13. The standard InChI is InChI=1S/C22H26F2N2O3/c1-2-3-12-22(25,14-15-8-10-17(23)11-9-15)21(29)26-19(20(27)28)13-16-6-4-5-7-18(16)24/h4-11,19H,2-3,12-14,25H2,1H3,(H,26,29)(H,27,28). The highest BCUT2D eigenvalue weighted by Crippen LogP contribution is 2.20. The van der Waals surface area contributed by atoms with E-state index < -0.39 is 35.1 Å². The van der Waals surface area contributed by atoms with Gasteiger partial charge in [-0.05, 0) is 42.2 Å². The van der Waals surface area contributed by atoms with E-state index in [0.717, 1.165) is 6.42 Å². The topological polar surface area (TPSA) is 92.4 Å². The van der Waals surface area contributed by atoms with Gasteiger partial charge in [-0.2, -0.15) is 0 Å². The van der Waals surface area contributed by atoms with E-state index in [4.69, 9.17) is 5.73 Å². The highest BCUT2D eigenvalue weighted by atomic mass is 19.1. The molecule has 0 aliphatic carbocycles. The first-order valence-electron chi connectivity index (χ1n) is 9.55. The van der Waals surface area contributed by atoms with E-state index in [9.17, 15) is 23.5 Å².